The van der Waals surface area contributed by atoms with E-state index < -0.39 is 70.4 Å². The maximum Gasteiger partial charge on any atom is 0.317 e. The third-order valence-electron chi connectivity index (χ3n) is 5.99. The van der Waals surface area contributed by atoms with Gasteiger partial charge in [0.1, 0.15) is 23.7 Å². The van der Waals surface area contributed by atoms with Crippen molar-refractivity contribution in [1.29, 1.82) is 0 Å². The highest BCUT2D eigenvalue weighted by Gasteiger charge is 2.77. The minimum atomic E-state index is -1.72. The highest BCUT2D eigenvalue weighted by Crippen LogP contribution is 2.62. The highest BCUT2D eigenvalue weighted by atomic mass is 16.5. The van der Waals surface area contributed by atoms with E-state index in [1.54, 1.807) is 0 Å². The summed E-state index contributed by atoms with van der Waals surface area (Å²) in [5.74, 6) is -13.3. The summed E-state index contributed by atoms with van der Waals surface area (Å²) in [6.45, 7) is 7.25. The Bertz CT molecular complexity index is 725. The number of esters is 4. The number of carbonyl (C=O) groups excluding carboxylic acids is 6. The molecule has 2 saturated carbocycles. The molecule has 0 aliphatic heterocycles. The standard InChI is InChI=1S/C21H28O10/c1-6-28-17(24)10-12-11(18(25)29-7-2)16(23)14(20(27)31-9-4)21(12,5)13(15(10)22)19(26)30-8-3/h10-14H,6-9H2,1-5H3/t10-,11+,12?,13-,14-,21?/m1/s1. The predicted molar refractivity (Wildman–Crippen MR) is 102 cm³/mol. The molecule has 6 atom stereocenters. The highest BCUT2D eigenvalue weighted by molar-refractivity contribution is 6.19. The van der Waals surface area contributed by atoms with Crippen LogP contribution in [0.1, 0.15) is 34.6 Å². The molecule has 0 radical (unpaired) electrons. The summed E-state index contributed by atoms with van der Waals surface area (Å²) in [5, 5.41) is 0. The van der Waals surface area contributed by atoms with Crippen LogP contribution in [-0.4, -0.2) is 61.9 Å². The van der Waals surface area contributed by atoms with E-state index in [2.05, 4.69) is 0 Å². The number of Topliss-reactive ketones (excluding diaryl/α,β-unsaturated/α-hetero) is 2. The molecule has 2 fully saturated rings. The van der Waals surface area contributed by atoms with E-state index in [0.717, 1.165) is 0 Å². The quantitative estimate of drug-likeness (QED) is 0.298. The van der Waals surface area contributed by atoms with Gasteiger partial charge in [-0.3, -0.25) is 28.8 Å². The van der Waals surface area contributed by atoms with Crippen molar-refractivity contribution in [2.45, 2.75) is 34.6 Å². The van der Waals surface area contributed by atoms with Crippen molar-refractivity contribution in [3.8, 4) is 0 Å². The Hall–Kier alpha value is -2.78. The Morgan fingerprint density at radius 1 is 0.645 bits per heavy atom. The van der Waals surface area contributed by atoms with Crippen LogP contribution in [0.4, 0.5) is 0 Å². The van der Waals surface area contributed by atoms with Gasteiger partial charge < -0.3 is 18.9 Å². The summed E-state index contributed by atoms with van der Waals surface area (Å²) in [6.07, 6.45) is 0. The van der Waals surface area contributed by atoms with Gasteiger partial charge in [-0.2, -0.15) is 0 Å². The number of hydrogen-bond donors (Lipinski definition) is 0. The minimum Gasteiger partial charge on any atom is -0.465 e. The van der Waals surface area contributed by atoms with Crippen LogP contribution in [0.2, 0.25) is 0 Å². The van der Waals surface area contributed by atoms with Crippen molar-refractivity contribution < 1.29 is 47.7 Å². The SMILES string of the molecule is CCOC(=O)[C@@H]1C(=O)[C@H](C(=O)OCC)C2(C)C1[C@@H](C(=O)OCC)C(=O)[C@@H]2C(=O)OCC. The van der Waals surface area contributed by atoms with Crippen molar-refractivity contribution in [3.63, 3.8) is 0 Å². The van der Waals surface area contributed by atoms with E-state index >= 15 is 0 Å². The summed E-state index contributed by atoms with van der Waals surface area (Å²) >= 11 is 0. The van der Waals surface area contributed by atoms with E-state index in [-0.39, 0.29) is 26.4 Å². The van der Waals surface area contributed by atoms with Crippen LogP contribution in [0.3, 0.4) is 0 Å². The minimum absolute atomic E-state index is 0.0601. The molecule has 0 aromatic carbocycles. The first-order valence-corrected chi connectivity index (χ1v) is 10.4. The molecule has 0 saturated heterocycles. The summed E-state index contributed by atoms with van der Waals surface area (Å²) in [6, 6.07) is 0. The van der Waals surface area contributed by atoms with Crippen molar-refractivity contribution in [2.75, 3.05) is 26.4 Å². The molecule has 2 rings (SSSR count). The molecule has 10 heteroatoms. The van der Waals surface area contributed by atoms with Gasteiger partial charge in [0.15, 0.2) is 11.6 Å². The zero-order chi connectivity index (χ0) is 23.5. The maximum atomic E-state index is 13.3. The normalized spacial score (nSPS) is 31.7. The van der Waals surface area contributed by atoms with Crippen LogP contribution in [0, 0.1) is 35.0 Å². The molecule has 172 valence electrons. The lowest BCUT2D eigenvalue weighted by Gasteiger charge is -2.33. The van der Waals surface area contributed by atoms with E-state index in [0.29, 0.717) is 0 Å². The summed E-state index contributed by atoms with van der Waals surface area (Å²) in [7, 11) is 0. The van der Waals surface area contributed by atoms with Crippen molar-refractivity contribution in [2.24, 2.45) is 35.0 Å². The summed E-state index contributed by atoms with van der Waals surface area (Å²) < 4.78 is 20.1. The zero-order valence-corrected chi connectivity index (χ0v) is 18.3. The first-order valence-electron chi connectivity index (χ1n) is 10.4. The Balaban J connectivity index is 2.74. The monoisotopic (exact) mass is 440 g/mol. The second-order valence-corrected chi connectivity index (χ2v) is 7.53. The first-order chi connectivity index (χ1) is 14.6. The van der Waals surface area contributed by atoms with E-state index in [9.17, 15) is 28.8 Å². The van der Waals surface area contributed by atoms with Crippen LogP contribution in [0.5, 0.6) is 0 Å². The molecule has 0 bridgehead atoms. The Kier molecular flexibility index (Phi) is 7.56. The molecular formula is C21H28O10. The fourth-order valence-corrected chi connectivity index (χ4v) is 4.97. The van der Waals surface area contributed by atoms with Crippen molar-refractivity contribution >= 4 is 35.4 Å². The van der Waals surface area contributed by atoms with Gasteiger partial charge in [-0.25, -0.2) is 0 Å². The average molecular weight is 440 g/mol. The smallest absolute Gasteiger partial charge is 0.317 e. The Morgan fingerprint density at radius 3 is 1.23 bits per heavy atom. The van der Waals surface area contributed by atoms with Crippen LogP contribution >= 0.6 is 0 Å². The molecule has 0 heterocycles. The molecule has 0 amide bonds. The molecule has 31 heavy (non-hydrogen) atoms. The molecule has 0 aromatic heterocycles. The average Bonchev–Trinajstić information content (AvgIpc) is 3.03. The molecule has 0 aromatic rings. The number of rotatable bonds is 8. The fourth-order valence-electron chi connectivity index (χ4n) is 4.97. The lowest BCUT2D eigenvalue weighted by atomic mass is 9.68. The van der Waals surface area contributed by atoms with Crippen LogP contribution in [0.25, 0.3) is 0 Å². The third-order valence-corrected chi connectivity index (χ3v) is 5.99. The Morgan fingerprint density at radius 2 is 0.935 bits per heavy atom. The third kappa shape index (κ3) is 3.83. The topological polar surface area (TPSA) is 139 Å². The van der Waals surface area contributed by atoms with Gasteiger partial charge in [0, 0.05) is 11.3 Å². The molecule has 0 spiro atoms. The predicted octanol–water partition coefficient (Wildman–Crippen LogP) is 0.492. The number of hydrogen-bond acceptors (Lipinski definition) is 10. The maximum absolute atomic E-state index is 13.3. The van der Waals surface area contributed by atoms with Crippen LogP contribution in [0.15, 0.2) is 0 Å². The van der Waals surface area contributed by atoms with Gasteiger partial charge in [0.25, 0.3) is 0 Å². The van der Waals surface area contributed by atoms with Gasteiger partial charge in [0.05, 0.1) is 26.4 Å². The molecular weight excluding hydrogens is 412 g/mol. The number of carbonyl (C=O) groups is 6. The largest absolute Gasteiger partial charge is 0.465 e. The van der Waals surface area contributed by atoms with Gasteiger partial charge >= 0.3 is 23.9 Å². The number of ketones is 2. The summed E-state index contributed by atoms with van der Waals surface area (Å²) in [5.41, 5.74) is -1.72. The number of ether oxygens (including phenoxy) is 4. The van der Waals surface area contributed by atoms with Crippen LogP contribution in [-0.2, 0) is 47.7 Å². The van der Waals surface area contributed by atoms with Gasteiger partial charge in [-0.15, -0.1) is 0 Å². The lowest BCUT2D eigenvalue weighted by Crippen LogP contribution is -2.44. The lowest BCUT2D eigenvalue weighted by molar-refractivity contribution is -0.162. The summed E-state index contributed by atoms with van der Waals surface area (Å²) in [4.78, 5) is 77.6. The first kappa shape index (κ1) is 24.5. The van der Waals surface area contributed by atoms with E-state index in [1.165, 1.54) is 34.6 Å². The molecule has 0 N–H and O–H groups in total. The van der Waals surface area contributed by atoms with Crippen molar-refractivity contribution in [3.05, 3.63) is 0 Å². The second kappa shape index (κ2) is 9.57. The number of fused-ring (bicyclic) bond motifs is 1. The second-order valence-electron chi connectivity index (χ2n) is 7.53. The Labute approximate surface area is 179 Å². The van der Waals surface area contributed by atoms with E-state index in [1.807, 2.05) is 0 Å². The van der Waals surface area contributed by atoms with Gasteiger partial charge in [-0.05, 0) is 27.7 Å². The fraction of sp³-hybridized carbons (Fsp3) is 0.714. The van der Waals surface area contributed by atoms with Crippen LogP contribution < -0.4 is 0 Å². The van der Waals surface area contributed by atoms with Crippen molar-refractivity contribution in [1.82, 2.24) is 0 Å². The van der Waals surface area contributed by atoms with Gasteiger partial charge in [0.2, 0.25) is 0 Å². The van der Waals surface area contributed by atoms with E-state index in [4.69, 9.17) is 18.9 Å². The zero-order valence-electron chi connectivity index (χ0n) is 18.3. The molecule has 2 aliphatic rings. The molecule has 2 unspecified atom stereocenters. The molecule has 10 nitrogen and oxygen atoms in total. The molecule has 2 aliphatic carbocycles. The van der Waals surface area contributed by atoms with Gasteiger partial charge in [-0.1, -0.05) is 6.92 Å².